The van der Waals surface area contributed by atoms with Crippen LogP contribution in [-0.2, 0) is 16.8 Å². The Hall–Kier alpha value is -1.35. The number of rotatable bonds is 6. The highest BCUT2D eigenvalue weighted by Crippen LogP contribution is 2.22. The smallest absolute Gasteiger partial charge is 0.239 e. The molecular weight excluding hydrogens is 260 g/mol. The number of carbonyl (C=O) groups excluding carboxylic acids is 1. The van der Waals surface area contributed by atoms with Gasteiger partial charge in [0.05, 0.1) is 6.04 Å². The van der Waals surface area contributed by atoms with Gasteiger partial charge in [-0.05, 0) is 23.0 Å². The van der Waals surface area contributed by atoms with Crippen molar-refractivity contribution in [2.45, 2.75) is 65.0 Å². The molecular formula is C18H30N2O. The van der Waals surface area contributed by atoms with Gasteiger partial charge in [0.2, 0.25) is 5.91 Å². The topological polar surface area (TPSA) is 46.3 Å². The van der Waals surface area contributed by atoms with Crippen LogP contribution in [0.1, 0.15) is 58.1 Å². The molecule has 0 aromatic heterocycles. The summed E-state index contributed by atoms with van der Waals surface area (Å²) in [6.45, 7) is 9.32. The van der Waals surface area contributed by atoms with Crippen molar-refractivity contribution in [3.63, 3.8) is 0 Å². The number of benzene rings is 1. The number of hydrogen-bond donors (Lipinski definition) is 1. The van der Waals surface area contributed by atoms with Crippen molar-refractivity contribution in [3.8, 4) is 0 Å². The zero-order valence-corrected chi connectivity index (χ0v) is 14.1. The van der Waals surface area contributed by atoms with Crippen LogP contribution < -0.4 is 5.73 Å². The molecule has 0 heterocycles. The van der Waals surface area contributed by atoms with E-state index in [2.05, 4.69) is 52.0 Å². The van der Waals surface area contributed by atoms with E-state index in [1.54, 1.807) is 4.90 Å². The third-order valence-corrected chi connectivity index (χ3v) is 3.80. The minimum Gasteiger partial charge on any atom is -0.340 e. The molecule has 0 saturated carbocycles. The van der Waals surface area contributed by atoms with Gasteiger partial charge >= 0.3 is 0 Å². The first-order chi connectivity index (χ1) is 9.75. The van der Waals surface area contributed by atoms with Crippen LogP contribution in [0.3, 0.4) is 0 Å². The van der Waals surface area contributed by atoms with Crippen LogP contribution in [0.25, 0.3) is 0 Å². The Morgan fingerprint density at radius 1 is 1.24 bits per heavy atom. The van der Waals surface area contributed by atoms with E-state index in [4.69, 9.17) is 5.73 Å². The molecule has 1 aromatic carbocycles. The molecule has 0 aliphatic rings. The molecule has 0 unspecified atom stereocenters. The highest BCUT2D eigenvalue weighted by atomic mass is 16.2. The number of likely N-dealkylation sites (N-methyl/N-ethyl adjacent to an activating group) is 1. The van der Waals surface area contributed by atoms with E-state index in [0.29, 0.717) is 6.54 Å². The summed E-state index contributed by atoms with van der Waals surface area (Å²) in [6, 6.07) is 8.11. The summed E-state index contributed by atoms with van der Waals surface area (Å²) >= 11 is 0. The van der Waals surface area contributed by atoms with Crippen LogP contribution in [-0.4, -0.2) is 23.9 Å². The zero-order chi connectivity index (χ0) is 16.0. The molecule has 118 valence electrons. The molecule has 0 bridgehead atoms. The second-order valence-electron chi connectivity index (χ2n) is 6.89. The monoisotopic (exact) mass is 290 g/mol. The molecule has 1 atom stereocenters. The molecule has 0 aliphatic heterocycles. The molecule has 0 radical (unpaired) electrons. The lowest BCUT2D eigenvalue weighted by Gasteiger charge is -2.23. The second kappa shape index (κ2) is 7.60. The highest BCUT2D eigenvalue weighted by Gasteiger charge is 2.18. The van der Waals surface area contributed by atoms with Crippen LogP contribution >= 0.6 is 0 Å². The molecule has 0 fully saturated rings. The maximum Gasteiger partial charge on any atom is 0.239 e. The summed E-state index contributed by atoms with van der Waals surface area (Å²) in [5.41, 5.74) is 8.55. The summed E-state index contributed by atoms with van der Waals surface area (Å²) in [6.07, 6.45) is 2.84. The van der Waals surface area contributed by atoms with Crippen molar-refractivity contribution in [1.82, 2.24) is 4.90 Å². The number of nitrogens with two attached hydrogens (primary N) is 1. The second-order valence-corrected chi connectivity index (χ2v) is 6.89. The Bertz CT molecular complexity index is 445. The lowest BCUT2D eigenvalue weighted by molar-refractivity contribution is -0.132. The van der Waals surface area contributed by atoms with Gasteiger partial charge in [-0.1, -0.05) is 64.8 Å². The van der Waals surface area contributed by atoms with Crippen molar-refractivity contribution >= 4 is 5.91 Å². The first-order valence-electron chi connectivity index (χ1n) is 7.85. The van der Waals surface area contributed by atoms with Crippen LogP contribution in [0.5, 0.6) is 0 Å². The van der Waals surface area contributed by atoms with E-state index < -0.39 is 0 Å². The lowest BCUT2D eigenvalue weighted by atomic mass is 9.87. The Kier molecular flexibility index (Phi) is 6.41. The van der Waals surface area contributed by atoms with Gasteiger partial charge in [-0.25, -0.2) is 0 Å². The van der Waals surface area contributed by atoms with Gasteiger partial charge < -0.3 is 10.6 Å². The molecule has 1 aromatic rings. The predicted molar refractivity (Wildman–Crippen MR) is 89.1 cm³/mol. The normalized spacial score (nSPS) is 13.0. The zero-order valence-electron chi connectivity index (χ0n) is 14.1. The predicted octanol–water partition coefficient (Wildman–Crippen LogP) is 3.46. The molecule has 1 amide bonds. The van der Waals surface area contributed by atoms with Crippen molar-refractivity contribution in [2.24, 2.45) is 5.73 Å². The Balaban J connectivity index is 2.62. The molecule has 3 heteroatoms. The summed E-state index contributed by atoms with van der Waals surface area (Å²) in [5.74, 6) is 0.0309. The number of amides is 1. The maximum atomic E-state index is 12.2. The quantitative estimate of drug-likeness (QED) is 0.872. The summed E-state index contributed by atoms with van der Waals surface area (Å²) in [4.78, 5) is 13.9. The van der Waals surface area contributed by atoms with Crippen molar-refractivity contribution < 1.29 is 4.79 Å². The maximum absolute atomic E-state index is 12.2. The molecule has 3 nitrogen and oxygen atoms in total. The van der Waals surface area contributed by atoms with E-state index in [-0.39, 0.29) is 17.4 Å². The molecule has 0 saturated heterocycles. The van der Waals surface area contributed by atoms with Crippen LogP contribution in [0, 0.1) is 0 Å². The first-order valence-corrected chi connectivity index (χ1v) is 7.85. The van der Waals surface area contributed by atoms with E-state index in [0.717, 1.165) is 24.8 Å². The number of nitrogens with zero attached hydrogens (tertiary/aromatic N) is 1. The fourth-order valence-electron chi connectivity index (χ4n) is 2.29. The van der Waals surface area contributed by atoms with Crippen LogP contribution in [0.4, 0.5) is 0 Å². The van der Waals surface area contributed by atoms with Crippen molar-refractivity contribution in [1.29, 1.82) is 0 Å². The molecule has 0 spiro atoms. The van der Waals surface area contributed by atoms with Gasteiger partial charge in [0.15, 0.2) is 0 Å². The summed E-state index contributed by atoms with van der Waals surface area (Å²) in [5, 5.41) is 0. The minimum atomic E-state index is -0.371. The molecule has 21 heavy (non-hydrogen) atoms. The molecule has 1 rings (SSSR count). The first kappa shape index (κ1) is 17.7. The number of unbranched alkanes of at least 4 members (excludes halogenated alkanes) is 1. The van der Waals surface area contributed by atoms with Gasteiger partial charge in [0.1, 0.15) is 0 Å². The fraction of sp³-hybridized carbons (Fsp3) is 0.611. The largest absolute Gasteiger partial charge is 0.340 e. The fourth-order valence-corrected chi connectivity index (χ4v) is 2.29. The van der Waals surface area contributed by atoms with Gasteiger partial charge in [-0.2, -0.15) is 0 Å². The van der Waals surface area contributed by atoms with E-state index in [9.17, 15) is 4.79 Å². The van der Waals surface area contributed by atoms with Crippen molar-refractivity contribution in [2.75, 3.05) is 7.05 Å². The van der Waals surface area contributed by atoms with Crippen molar-refractivity contribution in [3.05, 3.63) is 35.4 Å². The lowest BCUT2D eigenvalue weighted by Crippen LogP contribution is -2.41. The van der Waals surface area contributed by atoms with Gasteiger partial charge in [0, 0.05) is 13.6 Å². The number of hydrogen-bond acceptors (Lipinski definition) is 2. The average Bonchev–Trinajstić information content (AvgIpc) is 2.43. The van der Waals surface area contributed by atoms with Gasteiger partial charge in [-0.3, -0.25) is 4.79 Å². The Morgan fingerprint density at radius 3 is 2.29 bits per heavy atom. The highest BCUT2D eigenvalue weighted by molar-refractivity contribution is 5.81. The van der Waals surface area contributed by atoms with Crippen LogP contribution in [0.15, 0.2) is 24.3 Å². The minimum absolute atomic E-state index is 0.0309. The average molecular weight is 290 g/mol. The SMILES string of the molecule is CCCC[C@H](N)C(=O)N(C)Cc1ccc(C(C)(C)C)cc1. The third-order valence-electron chi connectivity index (χ3n) is 3.80. The standard InChI is InChI=1S/C18H30N2O/c1-6-7-8-16(19)17(21)20(5)13-14-9-11-15(12-10-14)18(2,3)4/h9-12,16H,6-8,13,19H2,1-5H3/t16-/m0/s1. The Labute approximate surface area is 129 Å². The van der Waals surface area contributed by atoms with E-state index in [1.165, 1.54) is 5.56 Å². The summed E-state index contributed by atoms with van der Waals surface area (Å²) < 4.78 is 0. The van der Waals surface area contributed by atoms with Gasteiger partial charge in [0.25, 0.3) is 0 Å². The number of carbonyl (C=O) groups is 1. The van der Waals surface area contributed by atoms with Crippen LogP contribution in [0.2, 0.25) is 0 Å². The molecule has 2 N–H and O–H groups in total. The van der Waals surface area contributed by atoms with E-state index >= 15 is 0 Å². The Morgan fingerprint density at radius 2 is 1.81 bits per heavy atom. The third kappa shape index (κ3) is 5.50. The van der Waals surface area contributed by atoms with Gasteiger partial charge in [-0.15, -0.1) is 0 Å². The summed E-state index contributed by atoms with van der Waals surface area (Å²) in [7, 11) is 1.83. The van der Waals surface area contributed by atoms with E-state index in [1.807, 2.05) is 7.05 Å². The molecule has 0 aliphatic carbocycles.